The molecule has 0 saturated heterocycles. The Kier molecular flexibility index (Phi) is 4.28. The van der Waals surface area contributed by atoms with Gasteiger partial charge in [-0.1, -0.05) is 35.5 Å². The van der Waals surface area contributed by atoms with Gasteiger partial charge >= 0.3 is 0 Å². The van der Waals surface area contributed by atoms with Gasteiger partial charge in [0.15, 0.2) is 5.17 Å². The van der Waals surface area contributed by atoms with Crippen molar-refractivity contribution in [3.05, 3.63) is 83.2 Å². The number of benzene rings is 1. The number of furan rings is 2. The van der Waals surface area contributed by atoms with Crippen molar-refractivity contribution < 1.29 is 8.83 Å². The predicted molar refractivity (Wildman–Crippen MR) is 97.0 cm³/mol. The summed E-state index contributed by atoms with van der Waals surface area (Å²) in [5.41, 5.74) is 0.971. The summed E-state index contributed by atoms with van der Waals surface area (Å²) in [6.07, 6.45) is 5.11. The molecule has 4 rings (SSSR count). The van der Waals surface area contributed by atoms with E-state index in [1.54, 1.807) is 30.5 Å². The van der Waals surface area contributed by atoms with Crippen molar-refractivity contribution in [3.8, 4) is 0 Å². The van der Waals surface area contributed by atoms with Crippen molar-refractivity contribution in [2.45, 2.75) is 11.3 Å². The first-order chi connectivity index (χ1) is 11.8. The van der Waals surface area contributed by atoms with Gasteiger partial charge in [0.1, 0.15) is 22.8 Å². The quantitative estimate of drug-likeness (QED) is 0.580. The predicted octanol–water partition coefficient (Wildman–Crippen LogP) is 5.53. The molecule has 0 fully saturated rings. The van der Waals surface area contributed by atoms with Crippen LogP contribution in [-0.4, -0.2) is 11.4 Å². The third kappa shape index (κ3) is 3.18. The Morgan fingerprint density at radius 1 is 1.00 bits per heavy atom. The second-order valence-corrected chi connectivity index (χ2v) is 6.78. The summed E-state index contributed by atoms with van der Waals surface area (Å²) in [7, 11) is 0. The van der Waals surface area contributed by atoms with E-state index >= 15 is 0 Å². The van der Waals surface area contributed by atoms with Gasteiger partial charge in [-0.2, -0.15) is 0 Å². The Morgan fingerprint density at radius 3 is 2.38 bits per heavy atom. The molecule has 120 valence electrons. The van der Waals surface area contributed by atoms with E-state index < -0.39 is 0 Å². The molecule has 0 spiro atoms. The highest BCUT2D eigenvalue weighted by Crippen LogP contribution is 2.48. The summed E-state index contributed by atoms with van der Waals surface area (Å²) in [5, 5.41) is 1.42. The van der Waals surface area contributed by atoms with Crippen molar-refractivity contribution in [1.29, 1.82) is 0 Å². The van der Waals surface area contributed by atoms with Crippen LogP contribution in [0, 0.1) is 0 Å². The molecule has 0 bridgehead atoms. The first kappa shape index (κ1) is 15.3. The maximum atomic E-state index is 5.90. The van der Waals surface area contributed by atoms with Crippen molar-refractivity contribution >= 4 is 34.7 Å². The number of thioether (sulfide) groups is 1. The summed E-state index contributed by atoms with van der Waals surface area (Å²) in [6, 6.07) is 15.0. The molecule has 1 aliphatic heterocycles. The fraction of sp³-hybridized carbons (Fsp3) is 0.111. The zero-order valence-electron chi connectivity index (χ0n) is 12.5. The highest BCUT2D eigenvalue weighted by molar-refractivity contribution is 8.14. The molecule has 0 aliphatic carbocycles. The van der Waals surface area contributed by atoms with Crippen molar-refractivity contribution in [1.82, 2.24) is 0 Å². The van der Waals surface area contributed by atoms with Crippen LogP contribution in [0.4, 0.5) is 0 Å². The van der Waals surface area contributed by atoms with Crippen molar-refractivity contribution in [2.75, 3.05) is 0 Å². The molecule has 1 aromatic carbocycles. The lowest BCUT2D eigenvalue weighted by Crippen LogP contribution is -1.99. The van der Waals surface area contributed by atoms with E-state index in [1.165, 1.54) is 0 Å². The molecule has 2 aromatic heterocycles. The third-order valence-electron chi connectivity index (χ3n) is 3.62. The Hall–Kier alpha value is -2.24. The molecule has 0 amide bonds. The highest BCUT2D eigenvalue weighted by Gasteiger charge is 2.36. The van der Waals surface area contributed by atoms with Crippen LogP contribution < -0.4 is 0 Å². The first-order valence-corrected chi connectivity index (χ1v) is 8.66. The van der Waals surface area contributed by atoms with E-state index in [0.717, 1.165) is 17.1 Å². The molecule has 1 aliphatic rings. The first-order valence-electron chi connectivity index (χ1n) is 7.40. The van der Waals surface area contributed by atoms with E-state index in [2.05, 4.69) is 4.99 Å². The van der Waals surface area contributed by atoms with E-state index in [9.17, 15) is 0 Å². The maximum absolute atomic E-state index is 5.90. The van der Waals surface area contributed by atoms with Gasteiger partial charge in [0.25, 0.3) is 0 Å². The van der Waals surface area contributed by atoms with Crippen LogP contribution in [0.1, 0.15) is 28.4 Å². The van der Waals surface area contributed by atoms with Gasteiger partial charge in [-0.05, 0) is 42.0 Å². The minimum Gasteiger partial charge on any atom is -0.468 e. The van der Waals surface area contributed by atoms with Crippen LogP contribution in [-0.2, 0) is 0 Å². The second kappa shape index (κ2) is 6.71. The Balaban J connectivity index is 1.59. The number of aliphatic imine (C=N–C) groups is 2. The smallest absolute Gasteiger partial charge is 0.184 e. The number of hydrogen-bond donors (Lipinski definition) is 0. The van der Waals surface area contributed by atoms with Gasteiger partial charge in [-0.25, -0.2) is 9.98 Å². The maximum Gasteiger partial charge on any atom is 0.184 e. The monoisotopic (exact) mass is 356 g/mol. The Bertz CT molecular complexity index is 855. The number of amidine groups is 1. The lowest BCUT2D eigenvalue weighted by atomic mass is 10.1. The molecule has 0 unspecified atom stereocenters. The summed E-state index contributed by atoms with van der Waals surface area (Å²) in [6.45, 7) is 0. The fourth-order valence-corrected chi connectivity index (χ4v) is 3.69. The molecule has 4 nitrogen and oxygen atoms in total. The van der Waals surface area contributed by atoms with Crippen molar-refractivity contribution in [3.63, 3.8) is 0 Å². The summed E-state index contributed by atoms with van der Waals surface area (Å²) in [4.78, 5) is 9.21. The molecular formula is C18H13ClN2O2S. The number of rotatable bonds is 3. The van der Waals surface area contributed by atoms with Gasteiger partial charge in [-0.3, -0.25) is 0 Å². The van der Waals surface area contributed by atoms with Gasteiger partial charge < -0.3 is 8.83 Å². The van der Waals surface area contributed by atoms with Crippen LogP contribution in [0.15, 0.2) is 79.9 Å². The molecule has 2 atom stereocenters. The minimum absolute atomic E-state index is 0.0171. The van der Waals surface area contributed by atoms with E-state index in [0.29, 0.717) is 10.2 Å². The van der Waals surface area contributed by atoms with Crippen LogP contribution in [0.3, 0.4) is 0 Å². The molecular weight excluding hydrogens is 344 g/mol. The lowest BCUT2D eigenvalue weighted by Gasteiger charge is -2.11. The molecule has 3 aromatic rings. The second-order valence-electron chi connectivity index (χ2n) is 5.24. The zero-order valence-corrected chi connectivity index (χ0v) is 14.1. The minimum atomic E-state index is -0.145. The van der Waals surface area contributed by atoms with Gasteiger partial charge in [0.05, 0.1) is 12.5 Å². The van der Waals surface area contributed by atoms with Gasteiger partial charge in [0, 0.05) is 11.2 Å². The van der Waals surface area contributed by atoms with Gasteiger partial charge in [-0.15, -0.1) is 0 Å². The summed E-state index contributed by atoms with van der Waals surface area (Å²) >= 11 is 7.47. The molecule has 0 saturated carbocycles. The summed E-state index contributed by atoms with van der Waals surface area (Å²) in [5.74, 6) is 1.67. The molecule has 0 N–H and O–H groups in total. The average Bonchev–Trinajstić information content (AvgIpc) is 3.33. The van der Waals surface area contributed by atoms with E-state index in [-0.39, 0.29) is 11.3 Å². The normalized spacial score (nSPS) is 20.6. The van der Waals surface area contributed by atoms with Crippen LogP contribution in [0.25, 0.3) is 0 Å². The standard InChI is InChI=1S/C18H13ClN2O2S/c19-13-7-5-12(6-8-13)11-20-18-21-16(14-3-1-9-22-14)17(24-18)15-4-2-10-23-15/h1-11,16-17H/t16-,17+/m0/s1. The van der Waals surface area contributed by atoms with E-state index in [1.807, 2.05) is 48.5 Å². The molecule has 24 heavy (non-hydrogen) atoms. The van der Waals surface area contributed by atoms with Crippen LogP contribution in [0.2, 0.25) is 5.02 Å². The van der Waals surface area contributed by atoms with Crippen LogP contribution >= 0.6 is 23.4 Å². The highest BCUT2D eigenvalue weighted by atomic mass is 35.5. The third-order valence-corrected chi connectivity index (χ3v) is 5.04. The molecule has 6 heteroatoms. The topological polar surface area (TPSA) is 51.0 Å². The van der Waals surface area contributed by atoms with Gasteiger partial charge in [0.2, 0.25) is 0 Å². The van der Waals surface area contributed by atoms with Crippen molar-refractivity contribution in [2.24, 2.45) is 9.98 Å². The van der Waals surface area contributed by atoms with Crippen LogP contribution in [0.5, 0.6) is 0 Å². The number of nitrogens with zero attached hydrogens (tertiary/aromatic N) is 2. The number of hydrogen-bond acceptors (Lipinski definition) is 5. The Morgan fingerprint density at radius 2 is 1.71 bits per heavy atom. The SMILES string of the molecule is Clc1ccc(C=NC2=N[C@@H](c3ccco3)[C@@H](c3ccco3)S2)cc1. The molecule has 3 heterocycles. The van der Waals surface area contributed by atoms with E-state index in [4.69, 9.17) is 25.4 Å². The largest absolute Gasteiger partial charge is 0.468 e. The lowest BCUT2D eigenvalue weighted by molar-refractivity contribution is 0.432. The fourth-order valence-electron chi connectivity index (χ4n) is 2.48. The Labute approximate surface area is 148 Å². The average molecular weight is 357 g/mol. The number of halogens is 1. The molecule has 0 radical (unpaired) electrons. The zero-order chi connectivity index (χ0) is 16.4. The summed E-state index contributed by atoms with van der Waals surface area (Å²) < 4.78 is 11.1.